The molecule has 27 heavy (non-hydrogen) atoms. The van der Waals surface area contributed by atoms with Crippen LogP contribution in [0.25, 0.3) is 0 Å². The first-order valence-corrected chi connectivity index (χ1v) is 9.40. The van der Waals surface area contributed by atoms with E-state index in [1.165, 1.54) is 20.0 Å². The summed E-state index contributed by atoms with van der Waals surface area (Å²) in [6, 6.07) is 13.9. The van der Waals surface area contributed by atoms with E-state index >= 15 is 0 Å². The van der Waals surface area contributed by atoms with E-state index in [2.05, 4.69) is 5.32 Å². The summed E-state index contributed by atoms with van der Waals surface area (Å²) >= 11 is 0. The molecule has 0 aromatic heterocycles. The van der Waals surface area contributed by atoms with Crippen LogP contribution in [0.1, 0.15) is 36.0 Å². The predicted octanol–water partition coefficient (Wildman–Crippen LogP) is 4.29. The van der Waals surface area contributed by atoms with Crippen LogP contribution in [0.5, 0.6) is 11.5 Å². The molecular weight excluding hydrogens is 342 g/mol. The molecule has 1 amide bonds. The van der Waals surface area contributed by atoms with Gasteiger partial charge in [0, 0.05) is 5.69 Å². The summed E-state index contributed by atoms with van der Waals surface area (Å²) in [4.78, 5) is 24.8. The standard InChI is InChI=1S/C22H23NO4/c1-26-20-5-3-2-4-18(20)21(24)23-16-8-10-17(11-9-16)27-22(25)19-13-14-6-7-15(19)12-14/h2-5,8-11,14-15,19H,6-7,12-13H2,1H3,(H,23,24). The molecule has 0 radical (unpaired) electrons. The van der Waals surface area contributed by atoms with Crippen molar-refractivity contribution in [3.05, 3.63) is 54.1 Å². The molecule has 2 aromatic rings. The zero-order valence-electron chi connectivity index (χ0n) is 15.3. The second-order valence-electron chi connectivity index (χ2n) is 7.38. The number of rotatable bonds is 5. The minimum absolute atomic E-state index is 0.0497. The van der Waals surface area contributed by atoms with Crippen molar-refractivity contribution in [2.24, 2.45) is 17.8 Å². The van der Waals surface area contributed by atoms with Crippen LogP contribution in [0.2, 0.25) is 0 Å². The van der Waals surface area contributed by atoms with Crippen LogP contribution >= 0.6 is 0 Å². The average Bonchev–Trinajstić information content (AvgIpc) is 3.33. The number of carbonyl (C=O) groups excluding carboxylic acids is 2. The number of benzene rings is 2. The molecule has 0 heterocycles. The van der Waals surface area contributed by atoms with Crippen molar-refractivity contribution in [2.75, 3.05) is 12.4 Å². The highest BCUT2D eigenvalue weighted by atomic mass is 16.5. The number of esters is 1. The molecule has 0 saturated heterocycles. The first-order chi connectivity index (χ1) is 13.1. The lowest BCUT2D eigenvalue weighted by atomic mass is 9.89. The van der Waals surface area contributed by atoms with Crippen molar-refractivity contribution in [1.82, 2.24) is 0 Å². The van der Waals surface area contributed by atoms with Crippen LogP contribution < -0.4 is 14.8 Å². The number of methoxy groups -OCH3 is 1. The SMILES string of the molecule is COc1ccccc1C(=O)Nc1ccc(OC(=O)C2CC3CCC2C3)cc1. The fraction of sp³-hybridized carbons (Fsp3) is 0.364. The minimum Gasteiger partial charge on any atom is -0.496 e. The molecule has 2 aliphatic rings. The maximum Gasteiger partial charge on any atom is 0.314 e. The summed E-state index contributed by atoms with van der Waals surface area (Å²) in [5.74, 6) is 1.92. The normalized spacial score (nSPS) is 23.1. The van der Waals surface area contributed by atoms with Crippen molar-refractivity contribution in [1.29, 1.82) is 0 Å². The van der Waals surface area contributed by atoms with Crippen molar-refractivity contribution < 1.29 is 19.1 Å². The van der Waals surface area contributed by atoms with Crippen molar-refractivity contribution in [3.63, 3.8) is 0 Å². The van der Waals surface area contributed by atoms with Crippen LogP contribution in [0, 0.1) is 17.8 Å². The van der Waals surface area contributed by atoms with Crippen molar-refractivity contribution in [3.8, 4) is 11.5 Å². The van der Waals surface area contributed by atoms with Gasteiger partial charge in [0.2, 0.25) is 0 Å². The van der Waals surface area contributed by atoms with E-state index in [1.54, 1.807) is 42.5 Å². The van der Waals surface area contributed by atoms with E-state index < -0.39 is 0 Å². The van der Waals surface area contributed by atoms with E-state index in [4.69, 9.17) is 9.47 Å². The molecule has 1 N–H and O–H groups in total. The Morgan fingerprint density at radius 1 is 1.00 bits per heavy atom. The molecular formula is C22H23NO4. The topological polar surface area (TPSA) is 64.6 Å². The Balaban J connectivity index is 1.37. The predicted molar refractivity (Wildman–Crippen MR) is 102 cm³/mol. The lowest BCUT2D eigenvalue weighted by Crippen LogP contribution is -2.25. The fourth-order valence-electron chi connectivity index (χ4n) is 4.36. The highest BCUT2D eigenvalue weighted by molar-refractivity contribution is 6.06. The molecule has 0 spiro atoms. The largest absolute Gasteiger partial charge is 0.496 e. The van der Waals surface area contributed by atoms with Crippen molar-refractivity contribution >= 4 is 17.6 Å². The summed E-state index contributed by atoms with van der Waals surface area (Å²) < 4.78 is 10.8. The number of carbonyl (C=O) groups is 2. The molecule has 4 rings (SSSR count). The van der Waals surface area contributed by atoms with E-state index in [0.717, 1.165) is 12.8 Å². The molecule has 2 fully saturated rings. The summed E-state index contributed by atoms with van der Waals surface area (Å²) in [6.07, 6.45) is 4.55. The highest BCUT2D eigenvalue weighted by Crippen LogP contribution is 2.48. The minimum atomic E-state index is -0.251. The Morgan fingerprint density at radius 2 is 1.78 bits per heavy atom. The third kappa shape index (κ3) is 3.68. The number of nitrogens with one attached hydrogen (secondary N) is 1. The summed E-state index contributed by atoms with van der Waals surface area (Å²) in [5.41, 5.74) is 1.09. The molecule has 2 saturated carbocycles. The Morgan fingerprint density at radius 3 is 2.44 bits per heavy atom. The Hall–Kier alpha value is -2.82. The second kappa shape index (κ2) is 7.43. The summed E-state index contributed by atoms with van der Waals surface area (Å²) in [7, 11) is 1.53. The quantitative estimate of drug-likeness (QED) is 0.634. The van der Waals surface area contributed by atoms with Crippen LogP contribution in [0.15, 0.2) is 48.5 Å². The molecule has 3 unspecified atom stereocenters. The molecule has 5 heteroatoms. The van der Waals surface area contributed by atoms with Crippen LogP contribution in [-0.4, -0.2) is 19.0 Å². The van der Waals surface area contributed by atoms with E-state index in [9.17, 15) is 9.59 Å². The number of ether oxygens (including phenoxy) is 2. The third-order valence-corrected chi connectivity index (χ3v) is 5.72. The molecule has 5 nitrogen and oxygen atoms in total. The maximum atomic E-state index is 12.4. The summed E-state index contributed by atoms with van der Waals surface area (Å²) in [6.45, 7) is 0. The molecule has 2 aromatic carbocycles. The molecule has 2 aliphatic carbocycles. The number of hydrogen-bond acceptors (Lipinski definition) is 4. The van der Waals surface area contributed by atoms with Gasteiger partial charge in [0.1, 0.15) is 11.5 Å². The average molecular weight is 365 g/mol. The van der Waals surface area contributed by atoms with Crippen LogP contribution in [-0.2, 0) is 4.79 Å². The lowest BCUT2D eigenvalue weighted by Gasteiger charge is -2.19. The molecule has 0 aliphatic heterocycles. The van der Waals surface area contributed by atoms with Gasteiger partial charge in [-0.2, -0.15) is 0 Å². The Labute approximate surface area is 158 Å². The number of hydrogen-bond donors (Lipinski definition) is 1. The monoisotopic (exact) mass is 365 g/mol. The smallest absolute Gasteiger partial charge is 0.314 e. The van der Waals surface area contributed by atoms with Gasteiger partial charge in [-0.15, -0.1) is 0 Å². The van der Waals surface area contributed by atoms with Crippen LogP contribution in [0.3, 0.4) is 0 Å². The number of para-hydroxylation sites is 1. The number of fused-ring (bicyclic) bond motifs is 2. The van der Waals surface area contributed by atoms with Crippen LogP contribution in [0.4, 0.5) is 5.69 Å². The Kier molecular flexibility index (Phi) is 4.84. The van der Waals surface area contributed by atoms with E-state index in [-0.39, 0.29) is 17.8 Å². The van der Waals surface area contributed by atoms with Gasteiger partial charge >= 0.3 is 5.97 Å². The fourth-order valence-corrected chi connectivity index (χ4v) is 4.36. The van der Waals surface area contributed by atoms with Crippen molar-refractivity contribution in [2.45, 2.75) is 25.7 Å². The zero-order chi connectivity index (χ0) is 18.8. The van der Waals surface area contributed by atoms with Gasteiger partial charge in [-0.3, -0.25) is 9.59 Å². The zero-order valence-corrected chi connectivity index (χ0v) is 15.3. The number of amides is 1. The maximum absolute atomic E-state index is 12.4. The van der Waals surface area contributed by atoms with Gasteiger partial charge in [-0.05, 0) is 67.5 Å². The third-order valence-electron chi connectivity index (χ3n) is 5.72. The Bertz CT molecular complexity index is 846. The first kappa shape index (κ1) is 17.6. The van der Waals surface area contributed by atoms with Gasteiger partial charge in [-0.1, -0.05) is 18.6 Å². The molecule has 140 valence electrons. The molecule has 3 atom stereocenters. The van der Waals surface area contributed by atoms with E-state index in [0.29, 0.717) is 34.6 Å². The van der Waals surface area contributed by atoms with Gasteiger partial charge < -0.3 is 14.8 Å². The summed E-state index contributed by atoms with van der Waals surface area (Å²) in [5, 5.41) is 2.83. The lowest BCUT2D eigenvalue weighted by molar-refractivity contribution is -0.140. The second-order valence-corrected chi connectivity index (χ2v) is 7.38. The van der Waals surface area contributed by atoms with Gasteiger partial charge in [0.15, 0.2) is 0 Å². The first-order valence-electron chi connectivity index (χ1n) is 9.40. The van der Waals surface area contributed by atoms with Gasteiger partial charge in [0.25, 0.3) is 5.91 Å². The molecule has 2 bridgehead atoms. The van der Waals surface area contributed by atoms with Gasteiger partial charge in [0.05, 0.1) is 18.6 Å². The highest BCUT2D eigenvalue weighted by Gasteiger charge is 2.44. The van der Waals surface area contributed by atoms with Gasteiger partial charge in [-0.25, -0.2) is 0 Å². The number of anilines is 1. The van der Waals surface area contributed by atoms with E-state index in [1.807, 2.05) is 6.07 Å².